The molecular weight excluding hydrogens is 275 g/mol. The highest BCUT2D eigenvalue weighted by Gasteiger charge is 2.07. The minimum atomic E-state index is -0.354. The van der Waals surface area contributed by atoms with Crippen molar-refractivity contribution in [2.75, 3.05) is 31.3 Å². The van der Waals surface area contributed by atoms with Crippen molar-refractivity contribution in [2.24, 2.45) is 5.92 Å². The summed E-state index contributed by atoms with van der Waals surface area (Å²) < 4.78 is 18.5. The molecule has 0 saturated carbocycles. The molecule has 1 aromatic rings. The quantitative estimate of drug-likeness (QED) is 0.820. The fourth-order valence-electron chi connectivity index (χ4n) is 1.34. The summed E-state index contributed by atoms with van der Waals surface area (Å²) in [7, 11) is 1.67. The van der Waals surface area contributed by atoms with Gasteiger partial charge in [-0.2, -0.15) is 0 Å². The van der Waals surface area contributed by atoms with E-state index in [0.29, 0.717) is 22.7 Å². The van der Waals surface area contributed by atoms with E-state index in [1.165, 1.54) is 6.07 Å². The van der Waals surface area contributed by atoms with Crippen molar-refractivity contribution in [1.82, 2.24) is 0 Å². The molecule has 0 amide bonds. The van der Waals surface area contributed by atoms with Gasteiger partial charge in [0.25, 0.3) is 0 Å². The average molecular weight is 291 g/mol. The van der Waals surface area contributed by atoms with Crippen molar-refractivity contribution in [3.63, 3.8) is 0 Å². The number of anilines is 2. The van der Waals surface area contributed by atoms with Crippen LogP contribution in [0.5, 0.6) is 0 Å². The molecular formula is C11H16BrFN2O. The third-order valence-corrected chi connectivity index (χ3v) is 2.79. The Balaban J connectivity index is 2.63. The third kappa shape index (κ3) is 3.64. The van der Waals surface area contributed by atoms with Gasteiger partial charge in [-0.25, -0.2) is 4.39 Å². The minimum absolute atomic E-state index is 0.354. The molecule has 0 bridgehead atoms. The standard InChI is InChI=1S/C11H16BrFN2O/c1-7(6-16-2)5-15-11-3-8(12)9(13)4-10(11)14/h3-4,7,15H,5-6,14H2,1-2H3. The lowest BCUT2D eigenvalue weighted by atomic mass is 10.2. The van der Waals surface area contributed by atoms with Gasteiger partial charge in [0.05, 0.1) is 22.5 Å². The summed E-state index contributed by atoms with van der Waals surface area (Å²) in [4.78, 5) is 0. The van der Waals surface area contributed by atoms with Gasteiger partial charge in [-0.3, -0.25) is 0 Å². The first-order valence-electron chi connectivity index (χ1n) is 5.02. The molecule has 0 aromatic heterocycles. The smallest absolute Gasteiger partial charge is 0.139 e. The lowest BCUT2D eigenvalue weighted by Crippen LogP contribution is -2.16. The Morgan fingerprint density at radius 2 is 2.25 bits per heavy atom. The fourth-order valence-corrected chi connectivity index (χ4v) is 1.69. The van der Waals surface area contributed by atoms with E-state index < -0.39 is 0 Å². The van der Waals surface area contributed by atoms with Crippen LogP contribution >= 0.6 is 15.9 Å². The van der Waals surface area contributed by atoms with E-state index >= 15 is 0 Å². The largest absolute Gasteiger partial charge is 0.397 e. The number of nitrogens with one attached hydrogen (secondary N) is 1. The number of nitrogens with two attached hydrogens (primary N) is 1. The van der Waals surface area contributed by atoms with Crippen LogP contribution in [0.1, 0.15) is 6.92 Å². The number of methoxy groups -OCH3 is 1. The van der Waals surface area contributed by atoms with E-state index in [-0.39, 0.29) is 5.82 Å². The Hall–Kier alpha value is -0.810. The van der Waals surface area contributed by atoms with Crippen LogP contribution in [0.4, 0.5) is 15.8 Å². The van der Waals surface area contributed by atoms with Crippen LogP contribution in [0.15, 0.2) is 16.6 Å². The Kier molecular flexibility index (Phi) is 5.02. The van der Waals surface area contributed by atoms with Crippen molar-refractivity contribution >= 4 is 27.3 Å². The van der Waals surface area contributed by atoms with Gasteiger partial charge < -0.3 is 15.8 Å². The van der Waals surface area contributed by atoms with Crippen molar-refractivity contribution < 1.29 is 9.13 Å². The zero-order chi connectivity index (χ0) is 12.1. The Labute approximate surface area is 103 Å². The summed E-state index contributed by atoms with van der Waals surface area (Å²) in [6.07, 6.45) is 0. The molecule has 90 valence electrons. The first-order valence-corrected chi connectivity index (χ1v) is 5.81. The monoisotopic (exact) mass is 290 g/mol. The van der Waals surface area contributed by atoms with Crippen molar-refractivity contribution in [3.8, 4) is 0 Å². The van der Waals surface area contributed by atoms with Gasteiger partial charge in [0.2, 0.25) is 0 Å². The van der Waals surface area contributed by atoms with Crippen molar-refractivity contribution in [2.45, 2.75) is 6.92 Å². The van der Waals surface area contributed by atoms with Crippen molar-refractivity contribution in [1.29, 1.82) is 0 Å². The molecule has 0 aliphatic rings. The third-order valence-electron chi connectivity index (χ3n) is 2.18. The summed E-state index contributed by atoms with van der Waals surface area (Å²) >= 11 is 3.12. The number of nitrogen functional groups attached to an aromatic ring is 1. The van der Waals surface area contributed by atoms with Crippen LogP contribution in [-0.4, -0.2) is 20.3 Å². The van der Waals surface area contributed by atoms with Gasteiger partial charge in [-0.1, -0.05) is 6.92 Å². The molecule has 5 heteroatoms. The molecule has 0 fully saturated rings. The first kappa shape index (κ1) is 13.3. The lowest BCUT2D eigenvalue weighted by Gasteiger charge is -2.14. The predicted molar refractivity (Wildman–Crippen MR) is 68.0 cm³/mol. The summed E-state index contributed by atoms with van der Waals surface area (Å²) in [6.45, 7) is 3.47. The topological polar surface area (TPSA) is 47.3 Å². The molecule has 16 heavy (non-hydrogen) atoms. The maximum atomic E-state index is 13.1. The number of rotatable bonds is 5. The highest BCUT2D eigenvalue weighted by atomic mass is 79.9. The SMILES string of the molecule is COCC(C)CNc1cc(Br)c(F)cc1N. The van der Waals surface area contributed by atoms with Gasteiger partial charge in [-0.15, -0.1) is 0 Å². The number of benzene rings is 1. The van der Waals surface area contributed by atoms with Crippen LogP contribution in [-0.2, 0) is 4.74 Å². The van der Waals surface area contributed by atoms with E-state index in [9.17, 15) is 4.39 Å². The molecule has 0 heterocycles. The molecule has 0 aliphatic heterocycles. The molecule has 1 atom stereocenters. The second-order valence-corrected chi connectivity index (χ2v) is 4.65. The summed E-state index contributed by atoms with van der Waals surface area (Å²) in [5.74, 6) is 0.0150. The summed E-state index contributed by atoms with van der Waals surface area (Å²) in [6, 6.07) is 2.94. The van der Waals surface area contributed by atoms with Crippen LogP contribution < -0.4 is 11.1 Å². The Morgan fingerprint density at radius 3 is 2.88 bits per heavy atom. The molecule has 1 unspecified atom stereocenters. The van der Waals surface area contributed by atoms with E-state index in [4.69, 9.17) is 10.5 Å². The lowest BCUT2D eigenvalue weighted by molar-refractivity contribution is 0.164. The molecule has 0 spiro atoms. The normalized spacial score (nSPS) is 12.5. The molecule has 3 N–H and O–H groups in total. The highest BCUT2D eigenvalue weighted by molar-refractivity contribution is 9.10. The van der Waals surface area contributed by atoms with E-state index in [2.05, 4.69) is 28.2 Å². The maximum Gasteiger partial charge on any atom is 0.139 e. The van der Waals surface area contributed by atoms with Crippen molar-refractivity contribution in [3.05, 3.63) is 22.4 Å². The van der Waals surface area contributed by atoms with Gasteiger partial charge in [0.15, 0.2) is 0 Å². The second-order valence-electron chi connectivity index (χ2n) is 3.79. The molecule has 1 rings (SSSR count). The molecule has 0 aliphatic carbocycles. The van der Waals surface area contributed by atoms with Crippen LogP contribution in [0.3, 0.4) is 0 Å². The number of hydrogen-bond acceptors (Lipinski definition) is 3. The van der Waals surface area contributed by atoms with E-state index in [1.807, 2.05) is 0 Å². The van der Waals surface area contributed by atoms with E-state index in [1.54, 1.807) is 13.2 Å². The average Bonchev–Trinajstić information content (AvgIpc) is 2.22. The molecule has 0 radical (unpaired) electrons. The maximum absolute atomic E-state index is 13.1. The summed E-state index contributed by atoms with van der Waals surface area (Å²) in [5, 5.41) is 3.16. The second kappa shape index (κ2) is 6.06. The summed E-state index contributed by atoms with van der Waals surface area (Å²) in [5.41, 5.74) is 6.84. The Bertz CT molecular complexity index is 360. The number of ether oxygens (including phenoxy) is 1. The first-order chi connectivity index (χ1) is 7.54. The highest BCUT2D eigenvalue weighted by Crippen LogP contribution is 2.26. The number of hydrogen-bond donors (Lipinski definition) is 2. The van der Waals surface area contributed by atoms with Crippen LogP contribution in [0.2, 0.25) is 0 Å². The molecule has 1 aromatic carbocycles. The van der Waals surface area contributed by atoms with Crippen LogP contribution in [0.25, 0.3) is 0 Å². The minimum Gasteiger partial charge on any atom is -0.397 e. The van der Waals surface area contributed by atoms with Gasteiger partial charge >= 0.3 is 0 Å². The van der Waals surface area contributed by atoms with E-state index in [0.717, 1.165) is 12.2 Å². The van der Waals surface area contributed by atoms with Gasteiger partial charge in [0, 0.05) is 19.7 Å². The molecule has 3 nitrogen and oxygen atoms in total. The fraction of sp³-hybridized carbons (Fsp3) is 0.455. The van der Waals surface area contributed by atoms with Gasteiger partial charge in [-0.05, 0) is 27.9 Å². The predicted octanol–water partition coefficient (Wildman–Crippen LogP) is 2.86. The number of halogens is 2. The van der Waals surface area contributed by atoms with Gasteiger partial charge in [0.1, 0.15) is 5.82 Å². The Morgan fingerprint density at radius 1 is 1.56 bits per heavy atom. The zero-order valence-electron chi connectivity index (χ0n) is 9.39. The zero-order valence-corrected chi connectivity index (χ0v) is 11.0. The van der Waals surface area contributed by atoms with Crippen LogP contribution in [0, 0.1) is 11.7 Å². The molecule has 0 saturated heterocycles.